The van der Waals surface area contributed by atoms with E-state index in [0.717, 1.165) is 24.1 Å². The van der Waals surface area contributed by atoms with Crippen molar-refractivity contribution in [3.8, 4) is 0 Å². The minimum absolute atomic E-state index is 0.156. The van der Waals surface area contributed by atoms with E-state index in [1.807, 2.05) is 13.0 Å². The number of nitrogens with one attached hydrogen (secondary N) is 1. The lowest BCUT2D eigenvalue weighted by atomic mass is 9.95. The molecule has 1 aromatic carbocycles. The zero-order valence-electron chi connectivity index (χ0n) is 10.1. The second-order valence-corrected chi connectivity index (χ2v) is 5.17. The van der Waals surface area contributed by atoms with Gasteiger partial charge >= 0.3 is 0 Å². The predicted molar refractivity (Wildman–Crippen MR) is 64.3 cm³/mol. The second kappa shape index (κ2) is 4.39. The van der Waals surface area contributed by atoms with Crippen LogP contribution in [0.1, 0.15) is 30.4 Å². The summed E-state index contributed by atoms with van der Waals surface area (Å²) in [6.45, 7) is 2.76. The molecule has 3 heteroatoms. The van der Waals surface area contributed by atoms with Crippen molar-refractivity contribution in [2.45, 2.75) is 51.0 Å². The summed E-state index contributed by atoms with van der Waals surface area (Å²) >= 11 is 0. The van der Waals surface area contributed by atoms with Crippen molar-refractivity contribution in [2.24, 2.45) is 0 Å². The third-order valence-corrected chi connectivity index (χ3v) is 3.97. The maximum Gasteiger partial charge on any atom is 0.123 e. The quantitative estimate of drug-likeness (QED) is 0.869. The fraction of sp³-hybridized carbons (Fsp3) is 0.571. The van der Waals surface area contributed by atoms with E-state index in [0.29, 0.717) is 18.2 Å². The monoisotopic (exact) mass is 235 g/mol. The van der Waals surface area contributed by atoms with Gasteiger partial charge < -0.3 is 10.1 Å². The van der Waals surface area contributed by atoms with Crippen molar-refractivity contribution in [2.75, 3.05) is 0 Å². The average molecular weight is 235 g/mol. The standard InChI is InChI=1S/C14H18FNO/c1-9-2-3-11(15)6-10(9)8-16-13-7-12-4-5-14(13)17-12/h2-3,6,12-14,16H,4-5,7-8H2,1H3/t12-,13-,14-/m1/s1. The highest BCUT2D eigenvalue weighted by Gasteiger charge is 2.40. The molecule has 0 saturated carbocycles. The Morgan fingerprint density at radius 2 is 2.29 bits per heavy atom. The molecule has 2 nitrogen and oxygen atoms in total. The molecular formula is C14H18FNO. The Morgan fingerprint density at radius 1 is 1.41 bits per heavy atom. The maximum absolute atomic E-state index is 13.1. The molecular weight excluding hydrogens is 217 g/mol. The summed E-state index contributed by atoms with van der Waals surface area (Å²) in [7, 11) is 0. The third kappa shape index (κ3) is 2.22. The van der Waals surface area contributed by atoms with Crippen LogP contribution in [0.5, 0.6) is 0 Å². The lowest BCUT2D eigenvalue weighted by Gasteiger charge is -2.20. The van der Waals surface area contributed by atoms with E-state index in [-0.39, 0.29) is 5.82 Å². The summed E-state index contributed by atoms with van der Waals surface area (Å²) in [6, 6.07) is 5.43. The van der Waals surface area contributed by atoms with Crippen molar-refractivity contribution in [1.82, 2.24) is 5.32 Å². The highest BCUT2D eigenvalue weighted by molar-refractivity contribution is 5.26. The van der Waals surface area contributed by atoms with Crippen LogP contribution in [0, 0.1) is 12.7 Å². The van der Waals surface area contributed by atoms with E-state index in [9.17, 15) is 4.39 Å². The predicted octanol–water partition coefficient (Wildman–Crippen LogP) is 2.54. The van der Waals surface area contributed by atoms with Gasteiger partial charge in [0.2, 0.25) is 0 Å². The minimum atomic E-state index is -0.156. The van der Waals surface area contributed by atoms with Crippen molar-refractivity contribution in [1.29, 1.82) is 0 Å². The van der Waals surface area contributed by atoms with Gasteiger partial charge in [-0.1, -0.05) is 6.07 Å². The molecule has 2 fully saturated rings. The molecule has 3 rings (SSSR count). The zero-order chi connectivity index (χ0) is 11.8. The number of hydrogen-bond acceptors (Lipinski definition) is 2. The molecule has 0 aliphatic carbocycles. The lowest BCUT2D eigenvalue weighted by molar-refractivity contribution is 0.0973. The molecule has 17 heavy (non-hydrogen) atoms. The molecule has 1 N–H and O–H groups in total. The summed E-state index contributed by atoms with van der Waals surface area (Å²) in [5, 5.41) is 3.51. The van der Waals surface area contributed by atoms with Crippen LogP contribution in [-0.2, 0) is 11.3 Å². The Kier molecular flexibility index (Phi) is 2.89. The Balaban J connectivity index is 1.62. The SMILES string of the molecule is Cc1ccc(F)cc1CN[C@@H]1C[C@H]2CC[C@H]1O2. The minimum Gasteiger partial charge on any atom is -0.373 e. The van der Waals surface area contributed by atoms with Gasteiger partial charge in [0, 0.05) is 12.6 Å². The number of ether oxygens (including phenoxy) is 1. The van der Waals surface area contributed by atoms with Gasteiger partial charge in [-0.15, -0.1) is 0 Å². The zero-order valence-corrected chi connectivity index (χ0v) is 10.1. The number of fused-ring (bicyclic) bond motifs is 2. The second-order valence-electron chi connectivity index (χ2n) is 5.17. The molecule has 2 bridgehead atoms. The molecule has 0 radical (unpaired) electrons. The van der Waals surface area contributed by atoms with Crippen LogP contribution < -0.4 is 5.32 Å². The molecule has 2 saturated heterocycles. The van der Waals surface area contributed by atoms with Gasteiger partial charge in [0.05, 0.1) is 12.2 Å². The molecule has 1 aromatic rings. The fourth-order valence-corrected chi connectivity index (χ4v) is 2.92. The number of halogens is 1. The Bertz CT molecular complexity index is 421. The molecule has 2 aliphatic heterocycles. The molecule has 2 aliphatic rings. The lowest BCUT2D eigenvalue weighted by Crippen LogP contribution is -2.37. The summed E-state index contributed by atoms with van der Waals surface area (Å²) in [5.41, 5.74) is 2.19. The van der Waals surface area contributed by atoms with Crippen LogP contribution >= 0.6 is 0 Å². The Morgan fingerprint density at radius 3 is 3.00 bits per heavy atom. The van der Waals surface area contributed by atoms with Crippen LogP contribution in [0.25, 0.3) is 0 Å². The summed E-state index contributed by atoms with van der Waals surface area (Å²) in [5.74, 6) is -0.156. The molecule has 0 aromatic heterocycles. The molecule has 0 unspecified atom stereocenters. The molecule has 2 heterocycles. The topological polar surface area (TPSA) is 21.3 Å². The van der Waals surface area contributed by atoms with Gasteiger partial charge in [-0.25, -0.2) is 4.39 Å². The first-order valence-electron chi connectivity index (χ1n) is 6.36. The molecule has 3 atom stereocenters. The number of rotatable bonds is 3. The highest BCUT2D eigenvalue weighted by atomic mass is 19.1. The number of hydrogen-bond donors (Lipinski definition) is 1. The van der Waals surface area contributed by atoms with Crippen LogP contribution in [-0.4, -0.2) is 18.2 Å². The fourth-order valence-electron chi connectivity index (χ4n) is 2.92. The van der Waals surface area contributed by atoms with Crippen LogP contribution in [0.15, 0.2) is 18.2 Å². The van der Waals surface area contributed by atoms with Gasteiger partial charge in [0.25, 0.3) is 0 Å². The maximum atomic E-state index is 13.1. The van der Waals surface area contributed by atoms with Gasteiger partial charge in [0.15, 0.2) is 0 Å². The first-order valence-corrected chi connectivity index (χ1v) is 6.36. The van der Waals surface area contributed by atoms with Crippen molar-refractivity contribution >= 4 is 0 Å². The van der Waals surface area contributed by atoms with Crippen LogP contribution in [0.4, 0.5) is 4.39 Å². The summed E-state index contributed by atoms with van der Waals surface area (Å²) in [4.78, 5) is 0. The first kappa shape index (κ1) is 11.2. The largest absolute Gasteiger partial charge is 0.373 e. The van der Waals surface area contributed by atoms with E-state index in [2.05, 4.69) is 5.32 Å². The van der Waals surface area contributed by atoms with Crippen molar-refractivity contribution in [3.05, 3.63) is 35.1 Å². The third-order valence-electron chi connectivity index (χ3n) is 3.97. The van der Waals surface area contributed by atoms with Crippen LogP contribution in [0.3, 0.4) is 0 Å². The van der Waals surface area contributed by atoms with Gasteiger partial charge in [-0.2, -0.15) is 0 Å². The Hall–Kier alpha value is -0.930. The number of benzene rings is 1. The van der Waals surface area contributed by atoms with Crippen molar-refractivity contribution < 1.29 is 9.13 Å². The Labute approximate surface area is 101 Å². The van der Waals surface area contributed by atoms with Gasteiger partial charge in [0.1, 0.15) is 5.82 Å². The van der Waals surface area contributed by atoms with E-state index in [1.165, 1.54) is 18.9 Å². The molecule has 0 spiro atoms. The normalized spacial score (nSPS) is 31.1. The summed E-state index contributed by atoms with van der Waals surface area (Å²) in [6.07, 6.45) is 4.34. The van der Waals surface area contributed by atoms with E-state index < -0.39 is 0 Å². The van der Waals surface area contributed by atoms with Crippen molar-refractivity contribution in [3.63, 3.8) is 0 Å². The smallest absolute Gasteiger partial charge is 0.123 e. The van der Waals surface area contributed by atoms with Crippen LogP contribution in [0.2, 0.25) is 0 Å². The highest BCUT2D eigenvalue weighted by Crippen LogP contribution is 2.34. The van der Waals surface area contributed by atoms with Gasteiger partial charge in [-0.3, -0.25) is 0 Å². The van der Waals surface area contributed by atoms with E-state index in [4.69, 9.17) is 4.74 Å². The van der Waals surface area contributed by atoms with E-state index in [1.54, 1.807) is 6.07 Å². The average Bonchev–Trinajstić information content (AvgIpc) is 2.92. The number of aryl methyl sites for hydroxylation is 1. The van der Waals surface area contributed by atoms with Gasteiger partial charge in [-0.05, 0) is 49.4 Å². The summed E-state index contributed by atoms with van der Waals surface area (Å²) < 4.78 is 18.9. The molecule has 0 amide bonds. The molecule has 92 valence electrons. The van der Waals surface area contributed by atoms with E-state index >= 15 is 0 Å². The first-order chi connectivity index (χ1) is 8.22.